The number of benzene rings is 15. The summed E-state index contributed by atoms with van der Waals surface area (Å²) in [6.07, 6.45) is 0. The van der Waals surface area contributed by atoms with Crippen LogP contribution in [0.15, 0.2) is 327 Å². The molecule has 614 valence electrons. The summed E-state index contributed by atoms with van der Waals surface area (Å²) in [4.78, 5) is 20.6. The molecule has 3 aromatic heterocycles. The van der Waals surface area contributed by atoms with Gasteiger partial charge in [-0.15, -0.1) is 0 Å². The molecule has 5 heterocycles. The molecule has 8 heteroatoms. The van der Waals surface area contributed by atoms with Crippen molar-refractivity contribution < 1.29 is 20.6 Å². The average molecular weight is 1640 g/mol. The Balaban J connectivity index is 1.05. The number of aromatic nitrogens is 5. The quantitative estimate of drug-likeness (QED) is 0.121. The van der Waals surface area contributed by atoms with E-state index >= 15 is 0 Å². The summed E-state index contributed by atoms with van der Waals surface area (Å²) in [5, 5.41) is 4.12. The van der Waals surface area contributed by atoms with Crippen LogP contribution >= 0.6 is 0 Å². The van der Waals surface area contributed by atoms with Crippen molar-refractivity contribution in [3.8, 4) is 90.0 Å². The van der Waals surface area contributed by atoms with Gasteiger partial charge < -0.3 is 18.9 Å². The Morgan fingerprint density at radius 1 is 0.248 bits per heavy atom. The fourth-order valence-corrected chi connectivity index (χ4v) is 18.5. The predicted octanol–water partition coefficient (Wildman–Crippen LogP) is 29.6. The summed E-state index contributed by atoms with van der Waals surface area (Å²) in [7, 11) is 0. The lowest BCUT2D eigenvalue weighted by molar-refractivity contribution is 0.590. The molecule has 20 rings (SSSR count). The van der Waals surface area contributed by atoms with Gasteiger partial charge in [0.1, 0.15) is 0 Å². The minimum atomic E-state index is -0.784. The number of fused-ring (bicyclic) bond motifs is 10. The van der Waals surface area contributed by atoms with Crippen molar-refractivity contribution in [2.45, 2.75) is 157 Å². The van der Waals surface area contributed by atoms with Gasteiger partial charge in [0, 0.05) is 83.4 Å². The van der Waals surface area contributed by atoms with E-state index in [1.165, 1.54) is 0 Å². The van der Waals surface area contributed by atoms with Gasteiger partial charge >= 0.3 is 0 Å². The van der Waals surface area contributed by atoms with Gasteiger partial charge in [0.15, 0.2) is 17.5 Å². The van der Waals surface area contributed by atoms with Gasteiger partial charge in [-0.05, 0) is 213 Å². The van der Waals surface area contributed by atoms with Crippen molar-refractivity contribution in [3.63, 3.8) is 0 Å². The standard InChI is InChI=1S/C117H108BN7/c1-112(2,3)80-50-57-98-91(62-80)92-63-81(113(4,5)6)51-58-99(92)122(98)86-54-56-97-103(70-86)125(108-90(76-43-31-22-32-44-76)68-85(117(16,17)18)69-95(108)111-120-109(77-45-33-23-34-46-77)119-110(121-111)78-47-35-24-36-48-78)105-72-87(123-100-59-52-82(114(7,8)9)64-93(100)94-65-83(115(10,11)12)53-60-101(94)123)71-104-106(105)118(97)96-55-49-79(73-37-25-19-26-38-73)61-102(96)124(104)107-88(74-39-27-20-28-40-74)66-84(116(13,14)15)67-89(107)75-41-29-21-30-42-75/h19-72H,1-18H3/i19D,23D,24D,25D,26D,33D,34D,35D,36D,37D,38D,45D,46D,47D,48D. The first kappa shape index (κ1) is 64.4. The molecule has 0 spiro atoms. The van der Waals surface area contributed by atoms with Crippen LogP contribution in [0.1, 0.15) is 179 Å². The van der Waals surface area contributed by atoms with Crippen molar-refractivity contribution in [3.05, 3.63) is 361 Å². The van der Waals surface area contributed by atoms with Crippen molar-refractivity contribution in [2.24, 2.45) is 0 Å². The maximum atomic E-state index is 9.94. The van der Waals surface area contributed by atoms with Crippen LogP contribution in [0.4, 0.5) is 34.1 Å². The summed E-state index contributed by atoms with van der Waals surface area (Å²) in [6.45, 7) is 39.0. The van der Waals surface area contributed by atoms with Crippen LogP contribution in [0.3, 0.4) is 0 Å². The molecule has 15 aromatic carbocycles. The number of hydrogen-bond donors (Lipinski definition) is 0. The highest BCUT2D eigenvalue weighted by Crippen LogP contribution is 2.57. The van der Waals surface area contributed by atoms with Crippen molar-refractivity contribution in [1.29, 1.82) is 0 Å². The lowest BCUT2D eigenvalue weighted by atomic mass is 9.33. The first-order valence-electron chi connectivity index (χ1n) is 50.8. The van der Waals surface area contributed by atoms with Crippen LogP contribution in [0.2, 0.25) is 0 Å². The first-order valence-corrected chi connectivity index (χ1v) is 43.3. The van der Waals surface area contributed by atoms with Gasteiger partial charge in [0.2, 0.25) is 0 Å². The smallest absolute Gasteiger partial charge is 0.252 e. The summed E-state index contributed by atoms with van der Waals surface area (Å²) < 4.78 is 147. The second kappa shape index (κ2) is 29.7. The van der Waals surface area contributed by atoms with Gasteiger partial charge in [-0.3, -0.25) is 0 Å². The van der Waals surface area contributed by atoms with E-state index in [1.807, 2.05) is 48.5 Å². The molecule has 0 N–H and O–H groups in total. The highest BCUT2D eigenvalue weighted by Gasteiger charge is 2.47. The van der Waals surface area contributed by atoms with E-state index in [0.29, 0.717) is 50.8 Å². The molecule has 0 amide bonds. The molecular formula is C117H108BN7. The van der Waals surface area contributed by atoms with Crippen LogP contribution in [0.25, 0.3) is 134 Å². The highest BCUT2D eigenvalue weighted by atomic mass is 15.2. The second-order valence-electron chi connectivity index (χ2n) is 39.9. The van der Waals surface area contributed by atoms with E-state index in [0.717, 1.165) is 133 Å². The van der Waals surface area contributed by atoms with Crippen LogP contribution in [-0.4, -0.2) is 30.8 Å². The molecule has 0 bridgehead atoms. The zero-order valence-electron chi connectivity index (χ0n) is 89.2. The van der Waals surface area contributed by atoms with E-state index in [4.69, 9.17) is 19.1 Å². The topological polar surface area (TPSA) is 55.0 Å². The van der Waals surface area contributed by atoms with Gasteiger partial charge in [-0.25, -0.2) is 15.0 Å². The lowest BCUT2D eigenvalue weighted by Crippen LogP contribution is -2.61. The Kier molecular flexibility index (Phi) is 15.3. The Morgan fingerprint density at radius 2 is 0.560 bits per heavy atom. The molecule has 0 unspecified atom stereocenters. The maximum Gasteiger partial charge on any atom is 0.252 e. The molecule has 0 aliphatic carbocycles. The van der Waals surface area contributed by atoms with Gasteiger partial charge in [-0.2, -0.15) is 0 Å². The number of nitrogens with zero attached hydrogens (tertiary/aromatic N) is 7. The van der Waals surface area contributed by atoms with E-state index in [2.05, 4.69) is 332 Å². The average Bonchev–Trinajstić information content (AvgIpc) is 0.752. The highest BCUT2D eigenvalue weighted by molar-refractivity contribution is 7.00. The minimum absolute atomic E-state index is 0.0147. The summed E-state index contributed by atoms with van der Waals surface area (Å²) in [5.74, 6) is -1.04. The third kappa shape index (κ3) is 14.1. The minimum Gasteiger partial charge on any atom is -0.310 e. The summed E-state index contributed by atoms with van der Waals surface area (Å²) in [6, 6.07) is 75.2. The summed E-state index contributed by atoms with van der Waals surface area (Å²) >= 11 is 0. The third-order valence-corrected chi connectivity index (χ3v) is 25.3. The van der Waals surface area contributed by atoms with E-state index in [1.54, 1.807) is 0 Å². The molecule has 125 heavy (non-hydrogen) atoms. The van der Waals surface area contributed by atoms with Crippen LogP contribution in [-0.2, 0) is 32.5 Å². The zero-order valence-corrected chi connectivity index (χ0v) is 74.2. The van der Waals surface area contributed by atoms with Crippen LogP contribution in [0.5, 0.6) is 0 Å². The van der Waals surface area contributed by atoms with Crippen LogP contribution < -0.4 is 26.2 Å². The molecule has 0 atom stereocenters. The largest absolute Gasteiger partial charge is 0.310 e. The molecule has 2 aliphatic heterocycles. The van der Waals surface area contributed by atoms with E-state index in [9.17, 15) is 16.4 Å². The number of rotatable bonds is 11. The SMILES string of the molecule is [2H]c1c([2H])c([2H])c(-c2ccc3c(c2)N(c2c(-c4ccccc4)cc(C(C)(C)C)cc2-c2ccccc2)c2cc(-n4c5ccc(C(C)(C)C)cc5c5cc(C(C)(C)C)ccc54)cc4c2B3c2ccc(-n3c5ccc(C(C)(C)C)cc5c5cc(C(C)(C)C)ccc53)cc2N4c2c(-c3ccccc3)cc(C(C)(C)C)cc2-c2nc(-c3c([2H])c([2H])c([2H])c([2H])c3[2H])nc(-c3c([2H])c([2H])c([2H])c([2H])c3[2H])n2)c([2H])c1[2H]. The molecular weight excluding hydrogens is 1510 g/mol. The van der Waals surface area contributed by atoms with Crippen molar-refractivity contribution in [2.75, 3.05) is 9.80 Å². The monoisotopic (exact) mass is 1640 g/mol. The molecule has 0 fully saturated rings. The van der Waals surface area contributed by atoms with Crippen molar-refractivity contribution >= 4 is 101 Å². The van der Waals surface area contributed by atoms with Crippen LogP contribution in [0, 0.1) is 0 Å². The van der Waals surface area contributed by atoms with E-state index in [-0.39, 0.29) is 45.1 Å². The van der Waals surface area contributed by atoms with Gasteiger partial charge in [0.05, 0.1) is 59.7 Å². The molecule has 7 nitrogen and oxygen atoms in total. The summed E-state index contributed by atoms with van der Waals surface area (Å²) in [5.41, 5.74) is 20.1. The van der Waals surface area contributed by atoms with Gasteiger partial charge in [-0.1, -0.05) is 349 Å². The van der Waals surface area contributed by atoms with Crippen molar-refractivity contribution in [1.82, 2.24) is 24.1 Å². The first-order chi connectivity index (χ1) is 66.0. The lowest BCUT2D eigenvalue weighted by Gasteiger charge is -2.46. The zero-order chi connectivity index (χ0) is 99.8. The predicted molar refractivity (Wildman–Crippen MR) is 533 cm³/mol. The second-order valence-corrected chi connectivity index (χ2v) is 39.9. The fourth-order valence-electron chi connectivity index (χ4n) is 18.5. The Bertz CT molecular complexity index is 7940. The molecule has 18 aromatic rings. The molecule has 0 saturated heterocycles. The Hall–Kier alpha value is -13.4. The molecule has 2 aliphatic rings. The maximum absolute atomic E-state index is 9.94. The Labute approximate surface area is 759 Å². The number of anilines is 6. The third-order valence-electron chi connectivity index (χ3n) is 25.3. The number of hydrogen-bond acceptors (Lipinski definition) is 5. The van der Waals surface area contributed by atoms with Gasteiger partial charge in [0.25, 0.3) is 6.71 Å². The Morgan fingerprint density at radius 3 is 0.928 bits per heavy atom. The fraction of sp³-hybridized carbons (Fsp3) is 0.205. The van der Waals surface area contributed by atoms with E-state index < -0.39 is 119 Å². The molecule has 0 radical (unpaired) electrons. The normalized spacial score (nSPS) is 14.8. The molecule has 0 saturated carbocycles.